The molecule has 1 aromatic heterocycles. The van der Waals surface area contributed by atoms with Crippen molar-refractivity contribution in [1.29, 1.82) is 0 Å². The molecular weight excluding hydrogens is 314 g/mol. The summed E-state index contributed by atoms with van der Waals surface area (Å²) in [6.45, 7) is 8.11. The van der Waals surface area contributed by atoms with Crippen LogP contribution in [0.2, 0.25) is 0 Å². The lowest BCUT2D eigenvalue weighted by Crippen LogP contribution is -2.47. The van der Waals surface area contributed by atoms with E-state index in [0.29, 0.717) is 13.1 Å². The van der Waals surface area contributed by atoms with E-state index in [1.165, 1.54) is 0 Å². The quantitative estimate of drug-likeness (QED) is 0.447. The molecule has 0 aliphatic carbocycles. The van der Waals surface area contributed by atoms with Crippen molar-refractivity contribution in [2.24, 2.45) is 4.99 Å². The summed E-state index contributed by atoms with van der Waals surface area (Å²) in [4.78, 5) is 10.9. The number of guanidine groups is 1. The molecule has 142 valence electrons. The molecule has 6 heteroatoms. The van der Waals surface area contributed by atoms with Crippen LogP contribution in [0, 0.1) is 0 Å². The molecule has 0 aliphatic heterocycles. The summed E-state index contributed by atoms with van der Waals surface area (Å²) in [7, 11) is 3.95. The molecule has 0 aromatic carbocycles. The van der Waals surface area contributed by atoms with Gasteiger partial charge < -0.3 is 20.6 Å². The Labute approximate surface area is 152 Å². The zero-order valence-electron chi connectivity index (χ0n) is 16.5. The van der Waals surface area contributed by atoms with Crippen LogP contribution in [0.3, 0.4) is 0 Å². The SMILES string of the molecule is CCCC(O)(CCC)CNC(=NCc1ccnc(N(C)C)c1)NCC. The maximum Gasteiger partial charge on any atom is 0.191 e. The lowest BCUT2D eigenvalue weighted by Gasteiger charge is -2.28. The number of hydrogen-bond donors (Lipinski definition) is 3. The van der Waals surface area contributed by atoms with Crippen LogP contribution >= 0.6 is 0 Å². The molecule has 0 unspecified atom stereocenters. The van der Waals surface area contributed by atoms with Gasteiger partial charge in [-0.25, -0.2) is 9.98 Å². The fraction of sp³-hybridized carbons (Fsp3) is 0.684. The van der Waals surface area contributed by atoms with E-state index in [4.69, 9.17) is 0 Å². The molecule has 0 atom stereocenters. The molecule has 0 fully saturated rings. The van der Waals surface area contributed by atoms with Gasteiger partial charge in [-0.05, 0) is 37.5 Å². The van der Waals surface area contributed by atoms with Gasteiger partial charge in [0.15, 0.2) is 5.96 Å². The maximum absolute atomic E-state index is 10.8. The third-order valence-corrected chi connectivity index (χ3v) is 4.05. The van der Waals surface area contributed by atoms with Gasteiger partial charge in [-0.3, -0.25) is 0 Å². The first-order valence-corrected chi connectivity index (χ1v) is 9.31. The minimum absolute atomic E-state index is 0.514. The molecule has 6 nitrogen and oxygen atoms in total. The third-order valence-electron chi connectivity index (χ3n) is 4.05. The van der Waals surface area contributed by atoms with E-state index >= 15 is 0 Å². The maximum atomic E-state index is 10.8. The van der Waals surface area contributed by atoms with Crippen molar-refractivity contribution in [3.63, 3.8) is 0 Å². The first-order chi connectivity index (χ1) is 11.9. The Morgan fingerprint density at radius 3 is 2.44 bits per heavy atom. The third kappa shape index (κ3) is 7.73. The molecule has 0 amide bonds. The van der Waals surface area contributed by atoms with Gasteiger partial charge in [0, 0.05) is 33.4 Å². The van der Waals surface area contributed by atoms with E-state index in [1.807, 2.05) is 44.2 Å². The molecule has 0 saturated carbocycles. The molecule has 3 N–H and O–H groups in total. The molecule has 0 bridgehead atoms. The molecule has 25 heavy (non-hydrogen) atoms. The molecule has 0 aliphatic rings. The standard InChI is InChI=1S/C19H35N5O/c1-6-10-19(25,11-7-2)15-23-18(20-8-3)22-14-16-9-12-21-17(13-16)24(4)5/h9,12-13,25H,6-8,10-11,14-15H2,1-5H3,(H2,20,22,23). The van der Waals surface area contributed by atoms with Crippen LogP contribution in [0.15, 0.2) is 23.3 Å². The summed E-state index contributed by atoms with van der Waals surface area (Å²) >= 11 is 0. The number of aromatic nitrogens is 1. The normalized spacial score (nSPS) is 12.2. The molecule has 1 heterocycles. The zero-order valence-corrected chi connectivity index (χ0v) is 16.5. The van der Waals surface area contributed by atoms with Gasteiger partial charge in [0.25, 0.3) is 0 Å². The van der Waals surface area contributed by atoms with Crippen molar-refractivity contribution < 1.29 is 5.11 Å². The van der Waals surface area contributed by atoms with Crippen molar-refractivity contribution in [2.45, 2.75) is 58.6 Å². The van der Waals surface area contributed by atoms with Gasteiger partial charge in [0.1, 0.15) is 5.82 Å². The number of nitrogens with one attached hydrogen (secondary N) is 2. The van der Waals surface area contributed by atoms with Crippen molar-refractivity contribution in [3.05, 3.63) is 23.9 Å². The van der Waals surface area contributed by atoms with E-state index in [2.05, 4.69) is 34.5 Å². The lowest BCUT2D eigenvalue weighted by molar-refractivity contribution is 0.0257. The number of aliphatic hydroxyl groups is 1. The van der Waals surface area contributed by atoms with Crippen molar-refractivity contribution in [1.82, 2.24) is 15.6 Å². The van der Waals surface area contributed by atoms with Gasteiger partial charge in [-0.2, -0.15) is 0 Å². The summed E-state index contributed by atoms with van der Waals surface area (Å²) in [6.07, 6.45) is 5.34. The Morgan fingerprint density at radius 2 is 1.88 bits per heavy atom. The van der Waals surface area contributed by atoms with E-state index in [9.17, 15) is 5.11 Å². The highest BCUT2D eigenvalue weighted by atomic mass is 16.3. The Morgan fingerprint density at radius 1 is 1.20 bits per heavy atom. The Bertz CT molecular complexity index is 524. The van der Waals surface area contributed by atoms with Gasteiger partial charge in [0.2, 0.25) is 0 Å². The highest BCUT2D eigenvalue weighted by Crippen LogP contribution is 2.18. The smallest absolute Gasteiger partial charge is 0.191 e. The van der Waals surface area contributed by atoms with Crippen LogP contribution in [0.5, 0.6) is 0 Å². The van der Waals surface area contributed by atoms with Crippen molar-refractivity contribution in [3.8, 4) is 0 Å². The molecule has 1 rings (SSSR count). The largest absolute Gasteiger partial charge is 0.388 e. The highest BCUT2D eigenvalue weighted by molar-refractivity contribution is 5.79. The summed E-state index contributed by atoms with van der Waals surface area (Å²) in [5.74, 6) is 1.65. The van der Waals surface area contributed by atoms with Gasteiger partial charge in [-0.1, -0.05) is 26.7 Å². The Balaban J connectivity index is 2.74. The average molecular weight is 350 g/mol. The molecule has 0 spiro atoms. The second-order valence-electron chi connectivity index (χ2n) is 6.69. The highest BCUT2D eigenvalue weighted by Gasteiger charge is 2.24. The minimum atomic E-state index is -0.672. The van der Waals surface area contributed by atoms with Crippen molar-refractivity contribution >= 4 is 11.8 Å². The predicted molar refractivity (Wildman–Crippen MR) is 106 cm³/mol. The number of rotatable bonds is 10. The Kier molecular flexibility index (Phi) is 9.27. The molecular formula is C19H35N5O. The van der Waals surface area contributed by atoms with Crippen LogP contribution < -0.4 is 15.5 Å². The summed E-state index contributed by atoms with van der Waals surface area (Å²) in [5.41, 5.74) is 0.433. The number of hydrogen-bond acceptors (Lipinski definition) is 4. The van der Waals surface area contributed by atoms with Crippen LogP contribution in [-0.4, -0.2) is 48.8 Å². The van der Waals surface area contributed by atoms with Crippen molar-refractivity contribution in [2.75, 3.05) is 32.1 Å². The van der Waals surface area contributed by atoms with Gasteiger partial charge >= 0.3 is 0 Å². The fourth-order valence-electron chi connectivity index (χ4n) is 2.80. The molecule has 0 radical (unpaired) electrons. The second-order valence-corrected chi connectivity index (χ2v) is 6.69. The van der Waals surface area contributed by atoms with Crippen LogP contribution in [0.25, 0.3) is 0 Å². The fourth-order valence-corrected chi connectivity index (χ4v) is 2.80. The number of nitrogens with zero attached hydrogens (tertiary/aromatic N) is 3. The van der Waals surface area contributed by atoms with E-state index in [0.717, 1.165) is 49.6 Å². The van der Waals surface area contributed by atoms with Crippen LogP contribution in [0.1, 0.15) is 52.0 Å². The van der Waals surface area contributed by atoms with E-state index < -0.39 is 5.60 Å². The average Bonchev–Trinajstić information content (AvgIpc) is 2.58. The van der Waals surface area contributed by atoms with Crippen LogP contribution in [-0.2, 0) is 6.54 Å². The predicted octanol–water partition coefficient (Wildman–Crippen LogP) is 2.53. The first kappa shape index (κ1) is 21.2. The van der Waals surface area contributed by atoms with Gasteiger partial charge in [-0.15, -0.1) is 0 Å². The Hall–Kier alpha value is -1.82. The van der Waals surface area contributed by atoms with Gasteiger partial charge in [0.05, 0.1) is 12.1 Å². The number of anilines is 1. The first-order valence-electron chi connectivity index (χ1n) is 9.31. The van der Waals surface area contributed by atoms with E-state index in [-0.39, 0.29) is 0 Å². The summed E-state index contributed by atoms with van der Waals surface area (Å²) < 4.78 is 0. The summed E-state index contributed by atoms with van der Waals surface area (Å²) in [6, 6.07) is 4.02. The topological polar surface area (TPSA) is 72.8 Å². The minimum Gasteiger partial charge on any atom is -0.388 e. The monoisotopic (exact) mass is 349 g/mol. The molecule has 0 saturated heterocycles. The summed E-state index contributed by atoms with van der Waals surface area (Å²) in [5, 5.41) is 17.3. The lowest BCUT2D eigenvalue weighted by atomic mass is 9.93. The van der Waals surface area contributed by atoms with E-state index in [1.54, 1.807) is 0 Å². The molecule has 1 aromatic rings. The second kappa shape index (κ2) is 10.9. The number of pyridine rings is 1. The number of aliphatic imine (C=N–C) groups is 1. The van der Waals surface area contributed by atoms with Crippen LogP contribution in [0.4, 0.5) is 5.82 Å². The zero-order chi connectivity index (χ0) is 18.7.